The smallest absolute Gasteiger partial charge is 0.221 e. The predicted octanol–water partition coefficient (Wildman–Crippen LogP) is 1.77. The van der Waals surface area contributed by atoms with Crippen molar-refractivity contribution in [2.45, 2.75) is 44.6 Å². The molecule has 3 nitrogen and oxygen atoms in total. The van der Waals surface area contributed by atoms with Crippen LogP contribution in [0.1, 0.15) is 39.0 Å². The van der Waals surface area contributed by atoms with Gasteiger partial charge in [0.15, 0.2) is 0 Å². The lowest BCUT2D eigenvalue weighted by Crippen LogP contribution is -2.50. The summed E-state index contributed by atoms with van der Waals surface area (Å²) in [6.07, 6.45) is 4.81. The highest BCUT2D eigenvalue weighted by atomic mass is 32.1. The Balaban J connectivity index is 1.82. The third-order valence-corrected chi connectivity index (χ3v) is 4.54. The molecule has 0 unspecified atom stereocenters. The predicted molar refractivity (Wildman–Crippen MR) is 66.7 cm³/mol. The van der Waals surface area contributed by atoms with Crippen LogP contribution in [0.5, 0.6) is 0 Å². The van der Waals surface area contributed by atoms with Crippen molar-refractivity contribution in [2.24, 2.45) is 5.41 Å². The third kappa shape index (κ3) is 2.92. The van der Waals surface area contributed by atoms with Crippen LogP contribution in [0.15, 0.2) is 0 Å². The number of rotatable bonds is 4. The fourth-order valence-electron chi connectivity index (χ4n) is 2.24. The monoisotopic (exact) mass is 243 g/mol. The van der Waals surface area contributed by atoms with Gasteiger partial charge in [-0.05, 0) is 43.8 Å². The van der Waals surface area contributed by atoms with E-state index >= 15 is 0 Å². The zero-order valence-electron chi connectivity index (χ0n) is 9.92. The molecule has 1 N–H and O–H groups in total. The molecule has 0 atom stereocenters. The highest BCUT2D eigenvalue weighted by molar-refractivity contribution is 7.80. The molecule has 0 radical (unpaired) electrons. The van der Waals surface area contributed by atoms with Gasteiger partial charge in [0.2, 0.25) is 5.91 Å². The Kier molecular flexibility index (Phi) is 3.50. The fraction of sp³-hybridized carbons (Fsp3) is 0.917. The van der Waals surface area contributed by atoms with Crippen molar-refractivity contribution in [1.29, 1.82) is 0 Å². The molecule has 0 spiro atoms. The highest BCUT2D eigenvalue weighted by Gasteiger charge is 2.43. The molecule has 1 saturated carbocycles. The summed E-state index contributed by atoms with van der Waals surface area (Å²) in [5.74, 6) is 1.02. The van der Waals surface area contributed by atoms with Crippen LogP contribution in [0, 0.1) is 5.41 Å². The second-order valence-corrected chi connectivity index (χ2v) is 5.87. The number of hydrogen-bond acceptors (Lipinski definition) is 3. The van der Waals surface area contributed by atoms with Crippen molar-refractivity contribution >= 4 is 18.5 Å². The van der Waals surface area contributed by atoms with Crippen molar-refractivity contribution in [3.63, 3.8) is 0 Å². The van der Waals surface area contributed by atoms with Crippen molar-refractivity contribution in [3.8, 4) is 0 Å². The molecular formula is C12H21NO2S. The molecule has 1 heterocycles. The summed E-state index contributed by atoms with van der Waals surface area (Å²) < 4.78 is 5.32. The van der Waals surface area contributed by atoms with Crippen LogP contribution in [0.25, 0.3) is 0 Å². The number of thiol groups is 1. The number of ether oxygens (including phenoxy) is 1. The maximum atomic E-state index is 11.9. The van der Waals surface area contributed by atoms with Gasteiger partial charge in [0, 0.05) is 25.2 Å². The summed E-state index contributed by atoms with van der Waals surface area (Å²) >= 11 is 4.33. The van der Waals surface area contributed by atoms with E-state index in [4.69, 9.17) is 4.74 Å². The Morgan fingerprint density at radius 2 is 1.94 bits per heavy atom. The zero-order chi connectivity index (χ0) is 11.6. The molecule has 0 aromatic carbocycles. The number of amides is 1. The quantitative estimate of drug-likeness (QED) is 0.739. The highest BCUT2D eigenvalue weighted by Crippen LogP contribution is 2.49. The van der Waals surface area contributed by atoms with E-state index < -0.39 is 0 Å². The number of nitrogens with one attached hydrogen (secondary N) is 1. The molecular weight excluding hydrogens is 222 g/mol. The zero-order valence-corrected chi connectivity index (χ0v) is 10.8. The van der Waals surface area contributed by atoms with Crippen LogP contribution in [-0.2, 0) is 9.53 Å². The average Bonchev–Trinajstić information content (AvgIpc) is 2.98. The molecule has 2 aliphatic rings. The van der Waals surface area contributed by atoms with E-state index in [1.807, 2.05) is 0 Å². The molecule has 0 aromatic rings. The van der Waals surface area contributed by atoms with Gasteiger partial charge in [0.1, 0.15) is 0 Å². The van der Waals surface area contributed by atoms with Gasteiger partial charge < -0.3 is 10.1 Å². The van der Waals surface area contributed by atoms with E-state index in [0.29, 0.717) is 6.42 Å². The molecule has 2 rings (SSSR count). The maximum absolute atomic E-state index is 11.9. The van der Waals surface area contributed by atoms with E-state index in [2.05, 4.69) is 24.9 Å². The first-order valence-electron chi connectivity index (χ1n) is 6.07. The Bertz CT molecular complexity index is 270. The van der Waals surface area contributed by atoms with E-state index in [-0.39, 0.29) is 16.9 Å². The van der Waals surface area contributed by atoms with Crippen LogP contribution in [-0.4, -0.2) is 30.4 Å². The third-order valence-electron chi connectivity index (χ3n) is 3.87. The molecule has 4 heteroatoms. The normalized spacial score (nSPS) is 26.1. The van der Waals surface area contributed by atoms with E-state index in [9.17, 15) is 4.79 Å². The van der Waals surface area contributed by atoms with E-state index in [1.165, 1.54) is 0 Å². The van der Waals surface area contributed by atoms with E-state index in [1.54, 1.807) is 0 Å². The first kappa shape index (κ1) is 12.2. The van der Waals surface area contributed by atoms with Gasteiger partial charge >= 0.3 is 0 Å². The summed E-state index contributed by atoms with van der Waals surface area (Å²) in [6, 6.07) is 0. The SMILES string of the molecule is CC1(NC(=O)CC2(CS)CC2)CCOCC1. The molecule has 0 aromatic heterocycles. The Morgan fingerprint density at radius 3 is 2.44 bits per heavy atom. The summed E-state index contributed by atoms with van der Waals surface area (Å²) in [5.41, 5.74) is 0.163. The van der Waals surface area contributed by atoms with Gasteiger partial charge in [-0.1, -0.05) is 0 Å². The maximum Gasteiger partial charge on any atom is 0.221 e. The van der Waals surface area contributed by atoms with Gasteiger partial charge in [0.25, 0.3) is 0 Å². The van der Waals surface area contributed by atoms with Gasteiger partial charge in [-0.3, -0.25) is 4.79 Å². The second-order valence-electron chi connectivity index (χ2n) is 5.56. The van der Waals surface area contributed by atoms with Crippen molar-refractivity contribution in [3.05, 3.63) is 0 Å². The van der Waals surface area contributed by atoms with Crippen molar-refractivity contribution < 1.29 is 9.53 Å². The van der Waals surface area contributed by atoms with Gasteiger partial charge in [-0.2, -0.15) is 12.6 Å². The van der Waals surface area contributed by atoms with Gasteiger partial charge in [-0.15, -0.1) is 0 Å². The number of carbonyl (C=O) groups is 1. The average molecular weight is 243 g/mol. The second kappa shape index (κ2) is 4.57. The van der Waals surface area contributed by atoms with E-state index in [0.717, 1.165) is 44.6 Å². The van der Waals surface area contributed by atoms with Crippen molar-refractivity contribution in [2.75, 3.05) is 19.0 Å². The van der Waals surface area contributed by atoms with Crippen LogP contribution in [0.3, 0.4) is 0 Å². The molecule has 16 heavy (non-hydrogen) atoms. The first-order valence-corrected chi connectivity index (χ1v) is 6.71. The van der Waals surface area contributed by atoms with Crippen LogP contribution >= 0.6 is 12.6 Å². The Labute approximate surface area is 103 Å². The topological polar surface area (TPSA) is 38.3 Å². The Hall–Kier alpha value is -0.220. The minimum Gasteiger partial charge on any atom is -0.381 e. The molecule has 1 aliphatic heterocycles. The molecule has 92 valence electrons. The lowest BCUT2D eigenvalue weighted by Gasteiger charge is -2.34. The molecule has 2 fully saturated rings. The van der Waals surface area contributed by atoms with Gasteiger partial charge in [-0.25, -0.2) is 0 Å². The lowest BCUT2D eigenvalue weighted by atomic mass is 9.91. The molecule has 1 aliphatic carbocycles. The largest absolute Gasteiger partial charge is 0.381 e. The number of hydrogen-bond donors (Lipinski definition) is 2. The molecule has 1 saturated heterocycles. The summed E-state index contributed by atoms with van der Waals surface area (Å²) in [6.45, 7) is 3.64. The first-order chi connectivity index (χ1) is 7.58. The minimum absolute atomic E-state index is 0.0536. The summed E-state index contributed by atoms with van der Waals surface area (Å²) in [4.78, 5) is 11.9. The molecule has 0 bridgehead atoms. The standard InChI is InChI=1S/C12H21NO2S/c1-11(4-6-15-7-5-11)13-10(14)8-12(9-16)2-3-12/h16H,2-9H2,1H3,(H,13,14). The lowest BCUT2D eigenvalue weighted by molar-refractivity contribution is -0.125. The Morgan fingerprint density at radius 1 is 1.31 bits per heavy atom. The molecule has 1 amide bonds. The summed E-state index contributed by atoms with van der Waals surface area (Å²) in [7, 11) is 0. The summed E-state index contributed by atoms with van der Waals surface area (Å²) in [5, 5.41) is 3.17. The van der Waals surface area contributed by atoms with Crippen LogP contribution < -0.4 is 5.32 Å². The van der Waals surface area contributed by atoms with Crippen molar-refractivity contribution in [1.82, 2.24) is 5.32 Å². The number of carbonyl (C=O) groups excluding carboxylic acids is 1. The van der Waals surface area contributed by atoms with Gasteiger partial charge in [0.05, 0.1) is 0 Å². The van der Waals surface area contributed by atoms with Crippen LogP contribution in [0.2, 0.25) is 0 Å². The van der Waals surface area contributed by atoms with Crippen LogP contribution in [0.4, 0.5) is 0 Å². The minimum atomic E-state index is -0.0536. The fourth-order valence-corrected chi connectivity index (χ4v) is 2.66.